The largest absolute Gasteiger partial charge is 0.379 e. The van der Waals surface area contributed by atoms with E-state index in [1.54, 1.807) is 6.07 Å². The second kappa shape index (κ2) is 7.08. The average molecular weight is 326 g/mol. The van der Waals surface area contributed by atoms with E-state index < -0.39 is 10.0 Å². The summed E-state index contributed by atoms with van der Waals surface area (Å²) in [4.78, 5) is 2.61. The number of ether oxygens (including phenoxy) is 1. The summed E-state index contributed by atoms with van der Waals surface area (Å²) in [6.07, 6.45) is 0. The lowest BCUT2D eigenvalue weighted by atomic mass is 10.00. The highest BCUT2D eigenvalue weighted by Gasteiger charge is 2.20. The fourth-order valence-electron chi connectivity index (χ4n) is 2.69. The molecule has 0 spiro atoms. The van der Waals surface area contributed by atoms with E-state index in [1.165, 1.54) is 0 Å². The average Bonchev–Trinajstić information content (AvgIpc) is 2.49. The lowest BCUT2D eigenvalue weighted by molar-refractivity contribution is 0.0390. The molecule has 0 saturated carbocycles. The van der Waals surface area contributed by atoms with Crippen molar-refractivity contribution in [2.75, 3.05) is 39.4 Å². The van der Waals surface area contributed by atoms with E-state index in [2.05, 4.69) is 9.62 Å². The molecule has 1 aliphatic heterocycles. The number of hydrogen-bond acceptors (Lipinski definition) is 4. The molecular formula is C16H26N2O3S. The van der Waals surface area contributed by atoms with Crippen LogP contribution in [0.25, 0.3) is 0 Å². The molecule has 22 heavy (non-hydrogen) atoms. The van der Waals surface area contributed by atoms with Crippen molar-refractivity contribution in [3.8, 4) is 0 Å². The Balaban J connectivity index is 2.07. The van der Waals surface area contributed by atoms with E-state index in [0.29, 0.717) is 18.0 Å². The highest BCUT2D eigenvalue weighted by Crippen LogP contribution is 2.24. The van der Waals surface area contributed by atoms with Crippen LogP contribution < -0.4 is 4.72 Å². The molecule has 2 rings (SSSR count). The van der Waals surface area contributed by atoms with Gasteiger partial charge in [-0.2, -0.15) is 0 Å². The summed E-state index contributed by atoms with van der Waals surface area (Å²) >= 11 is 0. The molecule has 0 atom stereocenters. The van der Waals surface area contributed by atoms with Crippen molar-refractivity contribution < 1.29 is 13.2 Å². The van der Waals surface area contributed by atoms with Crippen LogP contribution in [0.3, 0.4) is 0 Å². The highest BCUT2D eigenvalue weighted by atomic mass is 32.2. The van der Waals surface area contributed by atoms with Crippen LogP contribution in [0.2, 0.25) is 0 Å². The van der Waals surface area contributed by atoms with Crippen LogP contribution in [0.15, 0.2) is 11.0 Å². The smallest absolute Gasteiger partial charge is 0.240 e. The Morgan fingerprint density at radius 1 is 1.09 bits per heavy atom. The third-order valence-electron chi connectivity index (χ3n) is 4.55. The highest BCUT2D eigenvalue weighted by molar-refractivity contribution is 7.89. The van der Waals surface area contributed by atoms with E-state index in [-0.39, 0.29) is 0 Å². The van der Waals surface area contributed by atoms with Crippen LogP contribution in [0.5, 0.6) is 0 Å². The standard InChI is InChI=1S/C16H26N2O3S/c1-12-11-16(15(4)14(3)13(12)2)22(19,20)17-5-6-18-7-9-21-10-8-18/h11,17H,5-10H2,1-4H3. The quantitative estimate of drug-likeness (QED) is 0.891. The van der Waals surface area contributed by atoms with Gasteiger partial charge in [-0.3, -0.25) is 4.90 Å². The van der Waals surface area contributed by atoms with Crippen molar-refractivity contribution in [3.63, 3.8) is 0 Å². The van der Waals surface area contributed by atoms with Gasteiger partial charge in [0.2, 0.25) is 10.0 Å². The topological polar surface area (TPSA) is 58.6 Å². The number of nitrogens with one attached hydrogen (secondary N) is 1. The molecule has 0 amide bonds. The maximum atomic E-state index is 12.6. The number of nitrogens with zero attached hydrogens (tertiary/aromatic N) is 1. The number of hydrogen-bond donors (Lipinski definition) is 1. The normalized spacial score (nSPS) is 16.9. The van der Waals surface area contributed by atoms with Crippen LogP contribution in [0, 0.1) is 27.7 Å². The maximum Gasteiger partial charge on any atom is 0.240 e. The Labute approximate surface area is 133 Å². The van der Waals surface area contributed by atoms with Crippen molar-refractivity contribution >= 4 is 10.0 Å². The van der Waals surface area contributed by atoms with Gasteiger partial charge in [-0.05, 0) is 56.0 Å². The minimum atomic E-state index is -3.46. The van der Waals surface area contributed by atoms with Crippen LogP contribution in [0.4, 0.5) is 0 Å². The number of sulfonamides is 1. The lowest BCUT2D eigenvalue weighted by Gasteiger charge is -2.26. The van der Waals surface area contributed by atoms with Crippen LogP contribution in [-0.4, -0.2) is 52.7 Å². The molecule has 1 heterocycles. The van der Waals surface area contributed by atoms with Crippen molar-refractivity contribution in [2.24, 2.45) is 0 Å². The predicted molar refractivity (Wildman–Crippen MR) is 87.8 cm³/mol. The van der Waals surface area contributed by atoms with Crippen molar-refractivity contribution in [2.45, 2.75) is 32.6 Å². The summed E-state index contributed by atoms with van der Waals surface area (Å²) in [6, 6.07) is 1.77. The Morgan fingerprint density at radius 3 is 2.36 bits per heavy atom. The van der Waals surface area contributed by atoms with Gasteiger partial charge in [-0.15, -0.1) is 0 Å². The fraction of sp³-hybridized carbons (Fsp3) is 0.625. The Bertz CT molecular complexity index is 635. The first-order chi connectivity index (χ1) is 10.3. The van der Waals surface area contributed by atoms with Gasteiger partial charge in [0.15, 0.2) is 0 Å². The summed E-state index contributed by atoms with van der Waals surface area (Å²) in [5.41, 5.74) is 4.05. The molecule has 0 radical (unpaired) electrons. The Hall–Kier alpha value is -0.950. The minimum absolute atomic E-state index is 0.398. The third kappa shape index (κ3) is 3.87. The summed E-state index contributed by atoms with van der Waals surface area (Å²) < 4.78 is 33.1. The van der Waals surface area contributed by atoms with Crippen LogP contribution in [-0.2, 0) is 14.8 Å². The summed E-state index contributed by atoms with van der Waals surface area (Å²) in [5.74, 6) is 0. The van der Waals surface area contributed by atoms with E-state index in [4.69, 9.17) is 4.74 Å². The van der Waals surface area contributed by atoms with Crippen molar-refractivity contribution in [3.05, 3.63) is 28.3 Å². The SMILES string of the molecule is Cc1cc(S(=O)(=O)NCCN2CCOCC2)c(C)c(C)c1C. The van der Waals surface area contributed by atoms with Gasteiger partial charge in [0.1, 0.15) is 0 Å². The minimum Gasteiger partial charge on any atom is -0.379 e. The number of rotatable bonds is 5. The zero-order chi connectivity index (χ0) is 16.3. The predicted octanol–water partition coefficient (Wildman–Crippen LogP) is 1.53. The molecule has 0 aromatic heterocycles. The first kappa shape index (κ1) is 17.4. The number of benzene rings is 1. The second-order valence-corrected chi connectivity index (χ2v) is 7.65. The van der Waals surface area contributed by atoms with Gasteiger partial charge < -0.3 is 4.74 Å². The zero-order valence-corrected chi connectivity index (χ0v) is 14.7. The van der Waals surface area contributed by atoms with Gasteiger partial charge in [0, 0.05) is 26.2 Å². The number of morpholine rings is 1. The molecule has 5 nitrogen and oxygen atoms in total. The summed E-state index contributed by atoms with van der Waals surface area (Å²) in [7, 11) is -3.46. The monoisotopic (exact) mass is 326 g/mol. The molecule has 1 aliphatic rings. The van der Waals surface area contributed by atoms with Gasteiger partial charge in [-0.1, -0.05) is 0 Å². The molecule has 1 aromatic carbocycles. The van der Waals surface area contributed by atoms with E-state index in [0.717, 1.165) is 48.6 Å². The van der Waals surface area contributed by atoms with Crippen LogP contribution in [0.1, 0.15) is 22.3 Å². The van der Waals surface area contributed by atoms with Gasteiger partial charge >= 0.3 is 0 Å². The molecule has 0 aliphatic carbocycles. The lowest BCUT2D eigenvalue weighted by Crippen LogP contribution is -2.41. The maximum absolute atomic E-state index is 12.6. The number of aryl methyl sites for hydroxylation is 1. The molecule has 1 N–H and O–H groups in total. The van der Waals surface area contributed by atoms with Gasteiger partial charge in [-0.25, -0.2) is 13.1 Å². The van der Waals surface area contributed by atoms with Crippen molar-refractivity contribution in [1.29, 1.82) is 0 Å². The molecule has 1 fully saturated rings. The summed E-state index contributed by atoms with van der Waals surface area (Å²) in [5, 5.41) is 0. The first-order valence-corrected chi connectivity index (χ1v) is 9.18. The molecule has 0 unspecified atom stereocenters. The van der Waals surface area contributed by atoms with E-state index >= 15 is 0 Å². The van der Waals surface area contributed by atoms with Crippen molar-refractivity contribution in [1.82, 2.24) is 9.62 Å². The van der Waals surface area contributed by atoms with E-state index in [9.17, 15) is 8.42 Å². The Morgan fingerprint density at radius 2 is 1.73 bits per heavy atom. The molecule has 124 valence electrons. The summed E-state index contributed by atoms with van der Waals surface area (Å²) in [6.45, 7) is 12.1. The Kier molecular flexibility index (Phi) is 5.60. The molecule has 0 bridgehead atoms. The second-order valence-electron chi connectivity index (χ2n) is 5.92. The van der Waals surface area contributed by atoms with Crippen LogP contribution >= 0.6 is 0 Å². The molecular weight excluding hydrogens is 300 g/mol. The zero-order valence-electron chi connectivity index (χ0n) is 13.9. The van der Waals surface area contributed by atoms with Gasteiger partial charge in [0.25, 0.3) is 0 Å². The molecule has 6 heteroatoms. The molecule has 1 aromatic rings. The molecule has 1 saturated heterocycles. The first-order valence-electron chi connectivity index (χ1n) is 7.70. The van der Waals surface area contributed by atoms with E-state index in [1.807, 2.05) is 27.7 Å². The fourth-order valence-corrected chi connectivity index (χ4v) is 4.10. The third-order valence-corrected chi connectivity index (χ3v) is 6.13. The van der Waals surface area contributed by atoms with Gasteiger partial charge in [0.05, 0.1) is 18.1 Å².